The van der Waals surface area contributed by atoms with Crippen molar-refractivity contribution in [3.63, 3.8) is 0 Å². The van der Waals surface area contributed by atoms with E-state index in [9.17, 15) is 39.5 Å². The molecule has 0 radical (unpaired) electrons. The largest absolute Gasteiger partial charge is 0.394 e. The van der Waals surface area contributed by atoms with Gasteiger partial charge in [0.25, 0.3) is 0 Å². The molecule has 12 nitrogen and oxygen atoms in total. The lowest BCUT2D eigenvalue weighted by Crippen LogP contribution is -2.65. The summed E-state index contributed by atoms with van der Waals surface area (Å²) in [4.78, 5) is 22.5. The van der Waals surface area contributed by atoms with Crippen molar-refractivity contribution in [2.24, 2.45) is 0 Å². The van der Waals surface area contributed by atoms with Gasteiger partial charge in [0.15, 0.2) is 18.8 Å². The Morgan fingerprint density at radius 1 is 0.931 bits per heavy atom. The molecular formula is C16H27FN2O10. The standard InChI is InChI=1S/C16H27FN2O10/c1-5(21)18-10-9(17)12(23)7(3-20)29-16(10)27-4-8-13(24)14(25)11(15(26)28-8)19-6(2)22/h7-16,20,23-26H,3-4H2,1-2H3,(H,18,21)(H,19,22)/t7-,8-,9-,10-,11-,12-,13+,14-,15+,16-/m1/s1. The lowest BCUT2D eigenvalue weighted by Gasteiger charge is -2.43. The molecule has 0 aromatic carbocycles. The minimum absolute atomic E-state index is 0.510. The van der Waals surface area contributed by atoms with Crippen LogP contribution in [-0.2, 0) is 23.8 Å². The van der Waals surface area contributed by atoms with E-state index in [0.717, 1.165) is 13.8 Å². The van der Waals surface area contributed by atoms with Gasteiger partial charge in [0.2, 0.25) is 11.8 Å². The minimum atomic E-state index is -2.02. The fourth-order valence-corrected chi connectivity index (χ4v) is 3.25. The Morgan fingerprint density at radius 2 is 1.52 bits per heavy atom. The van der Waals surface area contributed by atoms with E-state index in [4.69, 9.17) is 14.2 Å². The number of carbonyl (C=O) groups excluding carboxylic acids is 2. The first-order valence-electron chi connectivity index (χ1n) is 9.00. The first-order chi connectivity index (χ1) is 13.6. The van der Waals surface area contributed by atoms with Crippen LogP contribution >= 0.6 is 0 Å². The highest BCUT2D eigenvalue weighted by molar-refractivity contribution is 5.73. The lowest BCUT2D eigenvalue weighted by atomic mass is 9.96. The molecule has 2 heterocycles. The zero-order valence-corrected chi connectivity index (χ0v) is 15.8. The fraction of sp³-hybridized carbons (Fsp3) is 0.875. The molecule has 2 fully saturated rings. The van der Waals surface area contributed by atoms with Gasteiger partial charge in [-0.25, -0.2) is 4.39 Å². The molecule has 0 aromatic heterocycles. The summed E-state index contributed by atoms with van der Waals surface area (Å²) < 4.78 is 30.3. The van der Waals surface area contributed by atoms with E-state index in [1.807, 2.05) is 0 Å². The lowest BCUT2D eigenvalue weighted by molar-refractivity contribution is -0.293. The number of rotatable bonds is 6. The molecule has 2 rings (SSSR count). The first kappa shape index (κ1) is 23.8. The maximum atomic E-state index is 14.5. The summed E-state index contributed by atoms with van der Waals surface area (Å²) in [6, 6.07) is -2.70. The molecule has 29 heavy (non-hydrogen) atoms. The van der Waals surface area contributed by atoms with Crippen LogP contribution < -0.4 is 10.6 Å². The van der Waals surface area contributed by atoms with Crippen LogP contribution in [0.3, 0.4) is 0 Å². The van der Waals surface area contributed by atoms with E-state index in [2.05, 4.69) is 10.6 Å². The number of hydrogen-bond donors (Lipinski definition) is 7. The summed E-state index contributed by atoms with van der Waals surface area (Å²) in [6.45, 7) is 1.05. The van der Waals surface area contributed by atoms with Crippen LogP contribution in [0.25, 0.3) is 0 Å². The number of halogens is 1. The van der Waals surface area contributed by atoms with Crippen LogP contribution in [0.5, 0.6) is 0 Å². The number of nitrogens with one attached hydrogen (secondary N) is 2. The SMILES string of the molecule is CC(=O)N[C@@H]1[C@@H](O)[C@@H](O)[C@@H](CO[C@@H]2O[C@H](CO)[C@@H](O)[C@H](F)[C@H]2NC(C)=O)O[C@@H]1O. The molecule has 0 bridgehead atoms. The van der Waals surface area contributed by atoms with Crippen molar-refractivity contribution < 1.29 is 53.7 Å². The van der Waals surface area contributed by atoms with Gasteiger partial charge in [0.05, 0.1) is 13.2 Å². The molecule has 2 saturated heterocycles. The topological polar surface area (TPSA) is 187 Å². The fourth-order valence-electron chi connectivity index (χ4n) is 3.25. The van der Waals surface area contributed by atoms with Crippen molar-refractivity contribution >= 4 is 11.8 Å². The second kappa shape index (κ2) is 10.0. The van der Waals surface area contributed by atoms with Gasteiger partial charge in [-0.2, -0.15) is 0 Å². The summed E-state index contributed by atoms with van der Waals surface area (Å²) in [5, 5.41) is 53.8. The van der Waals surface area contributed by atoms with Gasteiger partial charge in [-0.1, -0.05) is 0 Å². The second-order valence-electron chi connectivity index (χ2n) is 6.99. The maximum absolute atomic E-state index is 14.5. The second-order valence-corrected chi connectivity index (χ2v) is 6.99. The number of hydrogen-bond acceptors (Lipinski definition) is 10. The third kappa shape index (κ3) is 5.58. The predicted octanol–water partition coefficient (Wildman–Crippen LogP) is -4.13. The highest BCUT2D eigenvalue weighted by Gasteiger charge is 2.48. The Morgan fingerprint density at radius 3 is 2.07 bits per heavy atom. The van der Waals surface area contributed by atoms with Crippen LogP contribution in [0, 0.1) is 0 Å². The molecular weight excluding hydrogens is 399 g/mol. The van der Waals surface area contributed by atoms with Crippen molar-refractivity contribution in [1.29, 1.82) is 0 Å². The molecule has 0 aromatic rings. The Kier molecular flexibility index (Phi) is 8.25. The molecule has 0 spiro atoms. The average Bonchev–Trinajstić information content (AvgIpc) is 2.65. The highest BCUT2D eigenvalue weighted by atomic mass is 19.1. The summed E-state index contributed by atoms with van der Waals surface area (Å²) in [7, 11) is 0. The van der Waals surface area contributed by atoms with E-state index in [1.165, 1.54) is 0 Å². The van der Waals surface area contributed by atoms with Crippen LogP contribution in [0.1, 0.15) is 13.8 Å². The zero-order chi connectivity index (χ0) is 21.9. The van der Waals surface area contributed by atoms with Gasteiger partial charge in [-0.15, -0.1) is 0 Å². The van der Waals surface area contributed by atoms with Crippen molar-refractivity contribution in [3.05, 3.63) is 0 Å². The molecule has 10 atom stereocenters. The monoisotopic (exact) mass is 426 g/mol. The Hall–Kier alpha value is -1.45. The summed E-state index contributed by atoms with van der Waals surface area (Å²) >= 11 is 0. The third-order valence-corrected chi connectivity index (χ3v) is 4.72. The minimum Gasteiger partial charge on any atom is -0.394 e. The van der Waals surface area contributed by atoms with Crippen LogP contribution in [0.4, 0.5) is 4.39 Å². The Labute approximate surface area is 165 Å². The van der Waals surface area contributed by atoms with Crippen molar-refractivity contribution in [1.82, 2.24) is 10.6 Å². The average molecular weight is 426 g/mol. The van der Waals surface area contributed by atoms with Gasteiger partial charge >= 0.3 is 0 Å². The van der Waals surface area contributed by atoms with E-state index in [1.54, 1.807) is 0 Å². The smallest absolute Gasteiger partial charge is 0.217 e. The van der Waals surface area contributed by atoms with Crippen LogP contribution in [0.15, 0.2) is 0 Å². The van der Waals surface area contributed by atoms with Gasteiger partial charge in [0.1, 0.15) is 42.6 Å². The van der Waals surface area contributed by atoms with Crippen LogP contribution in [-0.4, -0.2) is 112 Å². The van der Waals surface area contributed by atoms with Crippen molar-refractivity contribution in [3.8, 4) is 0 Å². The van der Waals surface area contributed by atoms with Gasteiger partial charge < -0.3 is 50.4 Å². The molecule has 2 aliphatic heterocycles. The van der Waals surface area contributed by atoms with Gasteiger partial charge in [-0.05, 0) is 0 Å². The number of aliphatic hydroxyl groups excluding tert-OH is 5. The van der Waals surface area contributed by atoms with Crippen molar-refractivity contribution in [2.75, 3.05) is 13.2 Å². The number of alkyl halides is 1. The van der Waals surface area contributed by atoms with Gasteiger partial charge in [-0.3, -0.25) is 9.59 Å². The summed E-state index contributed by atoms with van der Waals surface area (Å²) in [6.07, 6.45) is -12.6. The highest BCUT2D eigenvalue weighted by Crippen LogP contribution is 2.26. The first-order valence-corrected chi connectivity index (χ1v) is 9.00. The van der Waals surface area contributed by atoms with Gasteiger partial charge in [0, 0.05) is 13.8 Å². The van der Waals surface area contributed by atoms with E-state index in [-0.39, 0.29) is 0 Å². The third-order valence-electron chi connectivity index (χ3n) is 4.72. The molecule has 2 aliphatic rings. The molecule has 168 valence electrons. The molecule has 2 amide bonds. The molecule has 0 aliphatic carbocycles. The normalized spacial score (nSPS) is 42.9. The summed E-state index contributed by atoms with van der Waals surface area (Å²) in [5.41, 5.74) is 0. The molecule has 13 heteroatoms. The van der Waals surface area contributed by atoms with E-state index >= 15 is 0 Å². The number of carbonyl (C=O) groups is 2. The summed E-state index contributed by atoms with van der Waals surface area (Å²) in [5.74, 6) is -1.18. The number of aliphatic hydroxyl groups is 5. The van der Waals surface area contributed by atoms with Crippen molar-refractivity contribution in [2.45, 2.75) is 75.2 Å². The number of amides is 2. The quantitative estimate of drug-likeness (QED) is 0.220. The van der Waals surface area contributed by atoms with E-state index < -0.39 is 86.4 Å². The van der Waals surface area contributed by atoms with Crippen LogP contribution in [0.2, 0.25) is 0 Å². The zero-order valence-electron chi connectivity index (χ0n) is 15.8. The Bertz CT molecular complexity index is 584. The molecule has 0 saturated carbocycles. The molecule has 7 N–H and O–H groups in total. The molecule has 0 unspecified atom stereocenters. The predicted molar refractivity (Wildman–Crippen MR) is 90.7 cm³/mol. The van der Waals surface area contributed by atoms with E-state index in [0.29, 0.717) is 0 Å². The number of ether oxygens (including phenoxy) is 3. The Balaban J connectivity index is 2.05. The maximum Gasteiger partial charge on any atom is 0.217 e.